The number of hydrogen-bond donors (Lipinski definition) is 2. The van der Waals surface area contributed by atoms with Crippen LogP contribution in [0.4, 0.5) is 5.69 Å². The van der Waals surface area contributed by atoms with Gasteiger partial charge in [-0.3, -0.25) is 14.6 Å². The average molecular weight is 307 g/mol. The van der Waals surface area contributed by atoms with Crippen LogP contribution in [0.25, 0.3) is 10.9 Å². The second kappa shape index (κ2) is 6.04. The van der Waals surface area contributed by atoms with Crippen LogP contribution in [0, 0.1) is 0 Å². The number of H-pyrrole nitrogens is 1. The van der Waals surface area contributed by atoms with Gasteiger partial charge < -0.3 is 10.3 Å². The van der Waals surface area contributed by atoms with Crippen molar-refractivity contribution in [3.05, 3.63) is 70.3 Å². The van der Waals surface area contributed by atoms with Crippen molar-refractivity contribution in [2.24, 2.45) is 0 Å². The molecule has 0 saturated heterocycles. The van der Waals surface area contributed by atoms with Crippen molar-refractivity contribution < 1.29 is 4.79 Å². The highest BCUT2D eigenvalue weighted by Crippen LogP contribution is 2.25. The number of aromatic nitrogens is 2. The van der Waals surface area contributed by atoms with E-state index in [9.17, 15) is 9.59 Å². The van der Waals surface area contributed by atoms with E-state index >= 15 is 0 Å². The number of carbonyl (C=O) groups is 1. The molecule has 0 bridgehead atoms. The number of amides is 1. The monoisotopic (exact) mass is 307 g/mol. The number of nitrogens with zero attached hydrogens (tertiary/aromatic N) is 1. The van der Waals surface area contributed by atoms with E-state index in [1.54, 1.807) is 30.5 Å². The third kappa shape index (κ3) is 3.13. The van der Waals surface area contributed by atoms with Crippen LogP contribution in [0.1, 0.15) is 35.7 Å². The van der Waals surface area contributed by atoms with Gasteiger partial charge in [-0.2, -0.15) is 0 Å². The Morgan fingerprint density at radius 3 is 2.74 bits per heavy atom. The molecule has 116 valence electrons. The lowest BCUT2D eigenvalue weighted by Crippen LogP contribution is -2.12. The number of carbonyl (C=O) groups excluding carboxylic acids is 1. The van der Waals surface area contributed by atoms with Crippen molar-refractivity contribution in [3.8, 4) is 0 Å². The Labute approximate surface area is 133 Å². The van der Waals surface area contributed by atoms with Gasteiger partial charge in [0.25, 0.3) is 5.91 Å². The molecule has 2 N–H and O–H groups in total. The molecule has 0 aliphatic rings. The van der Waals surface area contributed by atoms with Crippen molar-refractivity contribution in [1.82, 2.24) is 9.97 Å². The van der Waals surface area contributed by atoms with Crippen LogP contribution < -0.4 is 10.9 Å². The minimum Gasteiger partial charge on any atom is -0.322 e. The summed E-state index contributed by atoms with van der Waals surface area (Å²) in [6.07, 6.45) is 3.13. The topological polar surface area (TPSA) is 74.8 Å². The van der Waals surface area contributed by atoms with E-state index in [2.05, 4.69) is 15.3 Å². The highest BCUT2D eigenvalue weighted by Gasteiger charge is 2.10. The summed E-state index contributed by atoms with van der Waals surface area (Å²) in [5, 5.41) is 3.80. The molecule has 0 aliphatic carbocycles. The number of hydrogen-bond acceptors (Lipinski definition) is 3. The number of anilines is 1. The van der Waals surface area contributed by atoms with Crippen molar-refractivity contribution >= 4 is 22.5 Å². The van der Waals surface area contributed by atoms with Gasteiger partial charge in [-0.25, -0.2) is 0 Å². The molecule has 0 aliphatic heterocycles. The van der Waals surface area contributed by atoms with Gasteiger partial charge in [-0.05, 0) is 35.7 Å². The largest absolute Gasteiger partial charge is 0.322 e. The number of nitrogens with one attached hydrogen (secondary N) is 2. The Balaban J connectivity index is 1.98. The first-order valence-electron chi connectivity index (χ1n) is 7.43. The highest BCUT2D eigenvalue weighted by atomic mass is 16.1. The van der Waals surface area contributed by atoms with Gasteiger partial charge in [-0.1, -0.05) is 19.9 Å². The van der Waals surface area contributed by atoms with Crippen molar-refractivity contribution in [2.45, 2.75) is 19.8 Å². The van der Waals surface area contributed by atoms with Gasteiger partial charge in [-0.15, -0.1) is 0 Å². The molecule has 1 amide bonds. The maximum atomic E-state index is 12.2. The van der Waals surface area contributed by atoms with Gasteiger partial charge in [0.2, 0.25) is 5.56 Å². The van der Waals surface area contributed by atoms with Crippen molar-refractivity contribution in [1.29, 1.82) is 0 Å². The van der Waals surface area contributed by atoms with E-state index in [-0.39, 0.29) is 17.4 Å². The summed E-state index contributed by atoms with van der Waals surface area (Å²) in [6, 6.07) is 10.6. The molecule has 0 radical (unpaired) electrons. The fraction of sp³-hybridized carbons (Fsp3) is 0.167. The summed E-state index contributed by atoms with van der Waals surface area (Å²) in [5.74, 6) is 0.00967. The molecule has 2 heterocycles. The zero-order valence-corrected chi connectivity index (χ0v) is 13.0. The van der Waals surface area contributed by atoms with E-state index in [1.165, 1.54) is 6.20 Å². The number of pyridine rings is 2. The van der Waals surface area contributed by atoms with Crippen LogP contribution in [0.2, 0.25) is 0 Å². The van der Waals surface area contributed by atoms with Crippen LogP contribution in [0.5, 0.6) is 0 Å². The van der Waals surface area contributed by atoms with Crippen LogP contribution in [-0.2, 0) is 0 Å². The summed E-state index contributed by atoms with van der Waals surface area (Å²) in [4.78, 5) is 30.7. The zero-order valence-electron chi connectivity index (χ0n) is 13.0. The minimum atomic E-state index is -0.236. The molecule has 0 spiro atoms. The second-order valence-electron chi connectivity index (χ2n) is 5.70. The Morgan fingerprint density at radius 1 is 1.22 bits per heavy atom. The molecule has 3 aromatic rings. The summed E-state index contributed by atoms with van der Waals surface area (Å²) in [7, 11) is 0. The Morgan fingerprint density at radius 2 is 2.04 bits per heavy atom. The highest BCUT2D eigenvalue weighted by molar-refractivity contribution is 6.04. The molecule has 0 atom stereocenters. The smallest absolute Gasteiger partial charge is 0.257 e. The molecule has 5 heteroatoms. The fourth-order valence-corrected chi connectivity index (χ4v) is 2.54. The number of fused-ring (bicyclic) bond motifs is 1. The predicted octanol–water partition coefficient (Wildman–Crippen LogP) is 3.30. The summed E-state index contributed by atoms with van der Waals surface area (Å²) >= 11 is 0. The normalized spacial score (nSPS) is 10.9. The SMILES string of the molecule is CC(C)c1cc(=O)[nH]c2cc(NC(=O)c3cccnc3)ccc12. The third-order valence-electron chi connectivity index (χ3n) is 3.68. The van der Waals surface area contributed by atoms with E-state index in [1.807, 2.05) is 26.0 Å². The predicted molar refractivity (Wildman–Crippen MR) is 90.8 cm³/mol. The fourth-order valence-electron chi connectivity index (χ4n) is 2.54. The summed E-state index contributed by atoms with van der Waals surface area (Å²) in [6.45, 7) is 4.10. The molecule has 23 heavy (non-hydrogen) atoms. The average Bonchev–Trinajstić information content (AvgIpc) is 2.54. The molecular formula is C18H17N3O2. The van der Waals surface area contributed by atoms with E-state index in [0.717, 1.165) is 10.9 Å². The first kappa shape index (κ1) is 15.0. The maximum absolute atomic E-state index is 12.2. The lowest BCUT2D eigenvalue weighted by Gasteiger charge is -2.11. The number of aromatic amines is 1. The Bertz CT molecular complexity index is 914. The maximum Gasteiger partial charge on any atom is 0.257 e. The second-order valence-corrected chi connectivity index (χ2v) is 5.70. The van der Waals surface area contributed by atoms with E-state index in [4.69, 9.17) is 0 Å². The third-order valence-corrected chi connectivity index (χ3v) is 3.68. The molecule has 5 nitrogen and oxygen atoms in total. The van der Waals surface area contributed by atoms with Gasteiger partial charge in [0.1, 0.15) is 0 Å². The van der Waals surface area contributed by atoms with E-state index in [0.29, 0.717) is 16.8 Å². The molecule has 0 fully saturated rings. The molecule has 0 unspecified atom stereocenters. The zero-order chi connectivity index (χ0) is 16.4. The van der Waals surface area contributed by atoms with Crippen LogP contribution in [-0.4, -0.2) is 15.9 Å². The molecular weight excluding hydrogens is 290 g/mol. The molecule has 1 aromatic carbocycles. The lowest BCUT2D eigenvalue weighted by atomic mass is 9.99. The van der Waals surface area contributed by atoms with Crippen LogP contribution in [0.3, 0.4) is 0 Å². The lowest BCUT2D eigenvalue weighted by molar-refractivity contribution is 0.102. The molecule has 3 rings (SSSR count). The standard InChI is InChI=1S/C18H17N3O2/c1-11(2)15-9-17(22)21-16-8-13(5-6-14(15)16)20-18(23)12-4-3-7-19-10-12/h3-11H,1-2H3,(H,20,23)(H,21,22). The quantitative estimate of drug-likeness (QED) is 0.779. The van der Waals surface area contributed by atoms with Crippen LogP contribution >= 0.6 is 0 Å². The Kier molecular flexibility index (Phi) is 3.93. The summed E-state index contributed by atoms with van der Waals surface area (Å²) < 4.78 is 0. The van der Waals surface area contributed by atoms with Crippen molar-refractivity contribution in [2.75, 3.05) is 5.32 Å². The first-order chi connectivity index (χ1) is 11.0. The van der Waals surface area contributed by atoms with Gasteiger partial charge in [0.15, 0.2) is 0 Å². The summed E-state index contributed by atoms with van der Waals surface area (Å²) in [5.41, 5.74) is 2.68. The molecule has 2 aromatic heterocycles. The van der Waals surface area contributed by atoms with Crippen LogP contribution in [0.15, 0.2) is 53.6 Å². The number of benzene rings is 1. The van der Waals surface area contributed by atoms with E-state index < -0.39 is 0 Å². The Hall–Kier alpha value is -2.95. The van der Waals surface area contributed by atoms with Crippen molar-refractivity contribution in [3.63, 3.8) is 0 Å². The minimum absolute atomic E-state index is 0.142. The first-order valence-corrected chi connectivity index (χ1v) is 7.43. The number of rotatable bonds is 3. The van der Waals surface area contributed by atoms with Gasteiger partial charge in [0.05, 0.1) is 11.1 Å². The molecule has 0 saturated carbocycles. The van der Waals surface area contributed by atoms with Gasteiger partial charge >= 0.3 is 0 Å². The van der Waals surface area contributed by atoms with Gasteiger partial charge in [0, 0.05) is 29.5 Å².